The lowest BCUT2D eigenvalue weighted by atomic mass is 10.1. The van der Waals surface area contributed by atoms with Gasteiger partial charge < -0.3 is 0 Å². The van der Waals surface area contributed by atoms with E-state index in [1.165, 1.54) is 12.1 Å². The molecule has 3 nitrogen and oxygen atoms in total. The normalized spacial score (nSPS) is 9.23. The van der Waals surface area contributed by atoms with Crippen LogP contribution in [0.1, 0.15) is 5.56 Å². The summed E-state index contributed by atoms with van der Waals surface area (Å²) in [7, 11) is 0. The first kappa shape index (κ1) is 9.56. The van der Waals surface area contributed by atoms with Gasteiger partial charge in [-0.15, -0.1) is 12.3 Å². The molecule has 4 heteroatoms. The molecule has 0 bridgehead atoms. The lowest BCUT2D eigenvalue weighted by Gasteiger charge is -1.97. The van der Waals surface area contributed by atoms with E-state index in [9.17, 15) is 10.1 Å². The molecule has 0 amide bonds. The third-order valence-electron chi connectivity index (χ3n) is 1.51. The van der Waals surface area contributed by atoms with E-state index in [2.05, 4.69) is 5.92 Å². The molecule has 0 aliphatic carbocycles. The highest BCUT2D eigenvalue weighted by atomic mass is 35.5. The van der Waals surface area contributed by atoms with Crippen molar-refractivity contribution >= 4 is 17.3 Å². The van der Waals surface area contributed by atoms with Crippen molar-refractivity contribution in [2.24, 2.45) is 0 Å². The Labute approximate surface area is 80.5 Å². The number of nitrogens with zero attached hydrogens (tertiary/aromatic N) is 1. The smallest absolute Gasteiger partial charge is 0.258 e. The Morgan fingerprint density at radius 1 is 1.62 bits per heavy atom. The molecule has 0 heterocycles. The molecule has 0 unspecified atom stereocenters. The number of nitro benzene ring substituents is 1. The summed E-state index contributed by atoms with van der Waals surface area (Å²) in [6.45, 7) is 0. The van der Waals surface area contributed by atoms with Gasteiger partial charge in [-0.3, -0.25) is 10.1 Å². The fourth-order valence-corrected chi connectivity index (χ4v) is 1.20. The van der Waals surface area contributed by atoms with E-state index < -0.39 is 4.92 Å². The van der Waals surface area contributed by atoms with Crippen LogP contribution in [0.15, 0.2) is 18.2 Å². The predicted octanol–water partition coefficient (Wildman–Crippen LogP) is 2.42. The molecular formula is C9H6ClNO2. The van der Waals surface area contributed by atoms with Crippen molar-refractivity contribution in [3.8, 4) is 12.3 Å². The van der Waals surface area contributed by atoms with Crippen LogP contribution in [0.5, 0.6) is 0 Å². The zero-order valence-electron chi connectivity index (χ0n) is 6.66. The van der Waals surface area contributed by atoms with Gasteiger partial charge in [-0.25, -0.2) is 0 Å². The summed E-state index contributed by atoms with van der Waals surface area (Å²) >= 11 is 5.65. The van der Waals surface area contributed by atoms with Gasteiger partial charge in [0, 0.05) is 12.5 Å². The van der Waals surface area contributed by atoms with Crippen LogP contribution >= 0.6 is 11.6 Å². The Bertz CT molecular complexity index is 382. The average Bonchev–Trinajstić information content (AvgIpc) is 2.04. The molecule has 0 saturated heterocycles. The van der Waals surface area contributed by atoms with Gasteiger partial charge in [-0.1, -0.05) is 17.7 Å². The third kappa shape index (κ3) is 2.20. The maximum Gasteiger partial charge on any atom is 0.287 e. The van der Waals surface area contributed by atoms with Crippen LogP contribution in [0.4, 0.5) is 5.69 Å². The highest BCUT2D eigenvalue weighted by molar-refractivity contribution is 6.32. The second kappa shape index (κ2) is 3.92. The topological polar surface area (TPSA) is 43.1 Å². The largest absolute Gasteiger partial charge is 0.287 e. The Morgan fingerprint density at radius 3 is 2.77 bits per heavy atom. The van der Waals surface area contributed by atoms with Gasteiger partial charge in [0.05, 0.1) is 4.92 Å². The van der Waals surface area contributed by atoms with Crippen molar-refractivity contribution < 1.29 is 4.92 Å². The molecule has 0 fully saturated rings. The molecule has 0 saturated carbocycles. The first-order chi connectivity index (χ1) is 6.15. The van der Waals surface area contributed by atoms with Gasteiger partial charge in [0.25, 0.3) is 5.69 Å². The molecule has 0 aliphatic heterocycles. The quantitative estimate of drug-likeness (QED) is 0.413. The Hall–Kier alpha value is -1.53. The summed E-state index contributed by atoms with van der Waals surface area (Å²) in [5.41, 5.74) is 0.709. The zero-order chi connectivity index (χ0) is 9.84. The van der Waals surface area contributed by atoms with Crippen molar-refractivity contribution in [2.75, 3.05) is 0 Å². The monoisotopic (exact) mass is 195 g/mol. The lowest BCUT2D eigenvalue weighted by Crippen LogP contribution is -1.90. The van der Waals surface area contributed by atoms with E-state index in [1.807, 2.05) is 0 Å². The third-order valence-corrected chi connectivity index (χ3v) is 1.82. The van der Waals surface area contributed by atoms with Crippen LogP contribution in [0.2, 0.25) is 5.02 Å². The summed E-state index contributed by atoms with van der Waals surface area (Å²) in [5, 5.41) is 10.5. The van der Waals surface area contributed by atoms with Gasteiger partial charge in [-0.05, 0) is 11.6 Å². The fourth-order valence-electron chi connectivity index (χ4n) is 0.926. The van der Waals surface area contributed by atoms with E-state index in [0.717, 1.165) is 5.56 Å². The van der Waals surface area contributed by atoms with E-state index in [-0.39, 0.29) is 10.7 Å². The number of hydrogen-bond acceptors (Lipinski definition) is 2. The van der Waals surface area contributed by atoms with Crippen LogP contribution in [0.3, 0.4) is 0 Å². The fraction of sp³-hybridized carbons (Fsp3) is 0.111. The number of halogens is 1. The molecule has 13 heavy (non-hydrogen) atoms. The summed E-state index contributed by atoms with van der Waals surface area (Å²) in [6, 6.07) is 4.47. The van der Waals surface area contributed by atoms with Crippen molar-refractivity contribution in [1.82, 2.24) is 0 Å². The molecule has 1 aromatic carbocycles. The van der Waals surface area contributed by atoms with Gasteiger partial charge in [-0.2, -0.15) is 0 Å². The first-order valence-corrected chi connectivity index (χ1v) is 3.89. The molecule has 66 valence electrons. The number of terminal acetylenes is 1. The summed E-state index contributed by atoms with van der Waals surface area (Å²) in [5.74, 6) is 2.43. The van der Waals surface area contributed by atoms with Crippen LogP contribution in [0, 0.1) is 22.5 Å². The molecule has 1 aromatic rings. The number of rotatable bonds is 2. The molecule has 0 N–H and O–H groups in total. The van der Waals surface area contributed by atoms with E-state index >= 15 is 0 Å². The second-order valence-electron chi connectivity index (χ2n) is 2.42. The minimum Gasteiger partial charge on any atom is -0.258 e. The lowest BCUT2D eigenvalue weighted by molar-refractivity contribution is -0.384. The van der Waals surface area contributed by atoms with Gasteiger partial charge in [0.2, 0.25) is 0 Å². The molecule has 0 aromatic heterocycles. The van der Waals surface area contributed by atoms with Crippen molar-refractivity contribution in [3.63, 3.8) is 0 Å². The number of benzene rings is 1. The van der Waals surface area contributed by atoms with Crippen LogP contribution < -0.4 is 0 Å². The SMILES string of the molecule is C#CCc1ccc([N+](=O)[O-])c(Cl)c1. The predicted molar refractivity (Wildman–Crippen MR) is 50.6 cm³/mol. The Kier molecular flexibility index (Phi) is 2.88. The molecule has 1 rings (SSSR count). The number of nitro groups is 1. The van der Waals surface area contributed by atoms with Crippen LogP contribution in [-0.2, 0) is 6.42 Å². The zero-order valence-corrected chi connectivity index (χ0v) is 7.41. The first-order valence-electron chi connectivity index (χ1n) is 3.51. The standard InChI is InChI=1S/C9H6ClNO2/c1-2-3-7-4-5-9(11(12)13)8(10)6-7/h1,4-6H,3H2. The van der Waals surface area contributed by atoms with Crippen molar-refractivity contribution in [1.29, 1.82) is 0 Å². The second-order valence-corrected chi connectivity index (χ2v) is 2.83. The molecule has 0 spiro atoms. The van der Waals surface area contributed by atoms with Crippen LogP contribution in [-0.4, -0.2) is 4.92 Å². The molecular weight excluding hydrogens is 190 g/mol. The Morgan fingerprint density at radius 2 is 2.31 bits per heavy atom. The molecule has 0 aliphatic rings. The number of hydrogen-bond donors (Lipinski definition) is 0. The summed E-state index contributed by atoms with van der Waals surface area (Å²) in [6.07, 6.45) is 5.51. The Balaban J connectivity index is 3.07. The maximum atomic E-state index is 10.4. The van der Waals surface area contributed by atoms with Gasteiger partial charge in [0.1, 0.15) is 5.02 Å². The average molecular weight is 196 g/mol. The highest BCUT2D eigenvalue weighted by Crippen LogP contribution is 2.24. The maximum absolute atomic E-state index is 10.4. The van der Waals surface area contributed by atoms with E-state index in [4.69, 9.17) is 18.0 Å². The van der Waals surface area contributed by atoms with E-state index in [0.29, 0.717) is 6.42 Å². The van der Waals surface area contributed by atoms with E-state index in [1.54, 1.807) is 6.07 Å². The highest BCUT2D eigenvalue weighted by Gasteiger charge is 2.11. The summed E-state index contributed by atoms with van der Waals surface area (Å²) < 4.78 is 0. The van der Waals surface area contributed by atoms with Crippen molar-refractivity contribution in [2.45, 2.75) is 6.42 Å². The van der Waals surface area contributed by atoms with Gasteiger partial charge >= 0.3 is 0 Å². The molecule has 0 atom stereocenters. The minimum absolute atomic E-state index is 0.0950. The minimum atomic E-state index is -0.526. The van der Waals surface area contributed by atoms with Crippen LogP contribution in [0.25, 0.3) is 0 Å². The van der Waals surface area contributed by atoms with Crippen molar-refractivity contribution in [3.05, 3.63) is 38.9 Å². The summed E-state index contributed by atoms with van der Waals surface area (Å²) in [4.78, 5) is 9.85. The van der Waals surface area contributed by atoms with Gasteiger partial charge in [0.15, 0.2) is 0 Å². The molecule has 0 radical (unpaired) electrons.